The predicted octanol–water partition coefficient (Wildman–Crippen LogP) is 4.94. The minimum absolute atomic E-state index is 0.131. The third-order valence-corrected chi connectivity index (χ3v) is 4.47. The van der Waals surface area contributed by atoms with E-state index in [-0.39, 0.29) is 33.2 Å². The molecule has 0 fully saturated rings. The van der Waals surface area contributed by atoms with Crippen LogP contribution in [0.5, 0.6) is 0 Å². The molecule has 0 spiro atoms. The second-order valence-electron chi connectivity index (χ2n) is 6.43. The minimum atomic E-state index is -0.910. The lowest BCUT2D eigenvalue weighted by molar-refractivity contribution is -0.384. The molecule has 0 aliphatic rings. The van der Waals surface area contributed by atoms with E-state index in [0.717, 1.165) is 12.1 Å². The monoisotopic (exact) mass is 457 g/mol. The highest BCUT2D eigenvalue weighted by atomic mass is 35.5. The van der Waals surface area contributed by atoms with Gasteiger partial charge in [0, 0.05) is 17.8 Å². The summed E-state index contributed by atoms with van der Waals surface area (Å²) in [6, 6.07) is 13.9. The van der Waals surface area contributed by atoms with E-state index in [0.29, 0.717) is 0 Å². The number of nitrogens with one attached hydrogen (secondary N) is 2. The number of amides is 2. The van der Waals surface area contributed by atoms with Crippen molar-refractivity contribution in [3.8, 4) is 0 Å². The summed E-state index contributed by atoms with van der Waals surface area (Å²) in [5.74, 6) is -3.24. The maximum atomic E-state index is 14.0. The smallest absolute Gasteiger partial charge is 0.272 e. The number of anilines is 1. The van der Waals surface area contributed by atoms with Gasteiger partial charge in [-0.1, -0.05) is 35.9 Å². The van der Waals surface area contributed by atoms with Crippen LogP contribution in [0.4, 0.5) is 20.2 Å². The van der Waals surface area contributed by atoms with Crippen molar-refractivity contribution in [2.45, 2.75) is 0 Å². The maximum absolute atomic E-state index is 14.0. The normalized spacial score (nSPS) is 11.0. The molecule has 0 unspecified atom stereocenters. The number of nitrogens with zero attached hydrogens (tertiary/aromatic N) is 1. The van der Waals surface area contributed by atoms with Gasteiger partial charge >= 0.3 is 0 Å². The van der Waals surface area contributed by atoms with Crippen molar-refractivity contribution in [1.29, 1.82) is 0 Å². The van der Waals surface area contributed by atoms with E-state index in [2.05, 4.69) is 10.6 Å². The molecule has 7 nitrogen and oxygen atoms in total. The van der Waals surface area contributed by atoms with Crippen molar-refractivity contribution < 1.29 is 23.3 Å². The molecule has 2 amide bonds. The van der Waals surface area contributed by atoms with Crippen LogP contribution in [0.25, 0.3) is 6.08 Å². The highest BCUT2D eigenvalue weighted by Gasteiger charge is 2.18. The first-order valence-electron chi connectivity index (χ1n) is 9.03. The van der Waals surface area contributed by atoms with Crippen LogP contribution in [-0.2, 0) is 4.79 Å². The molecule has 0 saturated carbocycles. The molecule has 0 radical (unpaired) electrons. The van der Waals surface area contributed by atoms with Gasteiger partial charge in [-0.15, -0.1) is 0 Å². The fourth-order valence-corrected chi connectivity index (χ4v) is 2.84. The minimum Gasteiger partial charge on any atom is -0.321 e. The molecule has 0 saturated heterocycles. The van der Waals surface area contributed by atoms with Crippen LogP contribution in [0.2, 0.25) is 5.02 Å². The molecule has 0 bridgehead atoms. The molecular formula is C22H14ClF2N3O4. The molecule has 3 aromatic carbocycles. The summed E-state index contributed by atoms with van der Waals surface area (Å²) in [5.41, 5.74) is -0.514. The summed E-state index contributed by atoms with van der Waals surface area (Å²) in [6.07, 6.45) is 1.19. The lowest BCUT2D eigenvalue weighted by Crippen LogP contribution is -2.31. The summed E-state index contributed by atoms with van der Waals surface area (Å²) < 4.78 is 27.4. The Morgan fingerprint density at radius 3 is 2.41 bits per heavy atom. The van der Waals surface area contributed by atoms with Crippen molar-refractivity contribution in [2.24, 2.45) is 0 Å². The lowest BCUT2D eigenvalue weighted by atomic mass is 10.1. The molecule has 2 N–H and O–H groups in total. The van der Waals surface area contributed by atoms with E-state index in [1.165, 1.54) is 60.7 Å². The van der Waals surface area contributed by atoms with Gasteiger partial charge in [0.2, 0.25) is 0 Å². The van der Waals surface area contributed by atoms with Gasteiger partial charge in [-0.05, 0) is 42.0 Å². The van der Waals surface area contributed by atoms with Crippen LogP contribution in [0.1, 0.15) is 15.9 Å². The van der Waals surface area contributed by atoms with Crippen LogP contribution >= 0.6 is 11.6 Å². The van der Waals surface area contributed by atoms with Crippen molar-refractivity contribution in [2.75, 3.05) is 5.32 Å². The van der Waals surface area contributed by atoms with E-state index in [1.807, 2.05) is 0 Å². The van der Waals surface area contributed by atoms with Gasteiger partial charge in [-0.3, -0.25) is 19.7 Å². The summed E-state index contributed by atoms with van der Waals surface area (Å²) in [4.78, 5) is 35.8. The van der Waals surface area contributed by atoms with Crippen molar-refractivity contribution in [3.05, 3.63) is 110 Å². The Balaban J connectivity index is 1.96. The van der Waals surface area contributed by atoms with Gasteiger partial charge in [0.15, 0.2) is 0 Å². The topological polar surface area (TPSA) is 101 Å². The average Bonchev–Trinajstić information content (AvgIpc) is 2.76. The van der Waals surface area contributed by atoms with Gasteiger partial charge in [0.05, 0.1) is 15.5 Å². The Labute approximate surface area is 185 Å². The number of rotatable bonds is 6. The molecule has 10 heteroatoms. The zero-order chi connectivity index (χ0) is 23.3. The molecule has 0 atom stereocenters. The molecule has 32 heavy (non-hydrogen) atoms. The molecular weight excluding hydrogens is 444 g/mol. The number of nitro groups is 1. The Morgan fingerprint density at radius 2 is 1.72 bits per heavy atom. The standard InChI is InChI=1S/C22H14ClF2N3O4/c23-17-12-14(8-9-19(17)25)26-22(30)20(11-13-4-3-5-15(10-13)28(31)32)27-21(29)16-6-1-2-7-18(16)24/h1-12H,(H,26,30)(H,27,29). The molecule has 162 valence electrons. The lowest BCUT2D eigenvalue weighted by Gasteiger charge is -2.12. The Bertz CT molecular complexity index is 1250. The second-order valence-corrected chi connectivity index (χ2v) is 6.83. The Morgan fingerprint density at radius 1 is 0.969 bits per heavy atom. The first-order chi connectivity index (χ1) is 15.2. The molecule has 3 aromatic rings. The fraction of sp³-hybridized carbons (Fsp3) is 0. The van der Waals surface area contributed by atoms with Crippen LogP contribution in [0, 0.1) is 21.7 Å². The fourth-order valence-electron chi connectivity index (χ4n) is 2.66. The number of nitro benzene ring substituents is 1. The summed E-state index contributed by atoms with van der Waals surface area (Å²) >= 11 is 5.72. The predicted molar refractivity (Wildman–Crippen MR) is 115 cm³/mol. The second kappa shape index (κ2) is 9.80. The van der Waals surface area contributed by atoms with E-state index >= 15 is 0 Å². The van der Waals surface area contributed by atoms with E-state index in [9.17, 15) is 28.5 Å². The maximum Gasteiger partial charge on any atom is 0.272 e. The summed E-state index contributed by atoms with van der Waals surface area (Å²) in [6.45, 7) is 0. The molecule has 0 aromatic heterocycles. The first-order valence-corrected chi connectivity index (χ1v) is 9.41. The van der Waals surface area contributed by atoms with Crippen LogP contribution in [0.15, 0.2) is 72.4 Å². The quantitative estimate of drug-likeness (QED) is 0.311. The van der Waals surface area contributed by atoms with Gasteiger partial charge in [0.25, 0.3) is 17.5 Å². The Hall–Kier alpha value is -4.11. The summed E-state index contributed by atoms with van der Waals surface area (Å²) in [7, 11) is 0. The highest BCUT2D eigenvalue weighted by Crippen LogP contribution is 2.21. The number of carbonyl (C=O) groups excluding carboxylic acids is 2. The van der Waals surface area contributed by atoms with Crippen molar-refractivity contribution >= 4 is 40.9 Å². The highest BCUT2D eigenvalue weighted by molar-refractivity contribution is 6.31. The van der Waals surface area contributed by atoms with Gasteiger partial charge in [0.1, 0.15) is 17.3 Å². The van der Waals surface area contributed by atoms with Gasteiger partial charge in [-0.2, -0.15) is 0 Å². The van der Waals surface area contributed by atoms with E-state index < -0.39 is 28.4 Å². The molecule has 0 aliphatic carbocycles. The number of carbonyl (C=O) groups is 2. The summed E-state index contributed by atoms with van der Waals surface area (Å²) in [5, 5.41) is 15.5. The number of non-ortho nitro benzene ring substituents is 1. The largest absolute Gasteiger partial charge is 0.321 e. The van der Waals surface area contributed by atoms with Crippen LogP contribution < -0.4 is 10.6 Å². The van der Waals surface area contributed by atoms with Crippen molar-refractivity contribution in [3.63, 3.8) is 0 Å². The van der Waals surface area contributed by atoms with Crippen molar-refractivity contribution in [1.82, 2.24) is 5.32 Å². The van der Waals surface area contributed by atoms with Gasteiger partial charge in [-0.25, -0.2) is 8.78 Å². The Kier molecular flexibility index (Phi) is 6.91. The number of hydrogen-bond donors (Lipinski definition) is 2. The first kappa shape index (κ1) is 22.6. The zero-order valence-electron chi connectivity index (χ0n) is 16.1. The molecule has 0 aliphatic heterocycles. The van der Waals surface area contributed by atoms with E-state index in [4.69, 9.17) is 11.6 Å². The number of benzene rings is 3. The molecule has 0 heterocycles. The number of hydrogen-bond acceptors (Lipinski definition) is 4. The third kappa shape index (κ3) is 5.52. The number of halogens is 3. The van der Waals surface area contributed by atoms with E-state index in [1.54, 1.807) is 0 Å². The molecule has 3 rings (SSSR count). The van der Waals surface area contributed by atoms with Gasteiger partial charge < -0.3 is 10.6 Å². The van der Waals surface area contributed by atoms with Crippen LogP contribution in [0.3, 0.4) is 0 Å². The SMILES string of the molecule is O=C(Nc1ccc(F)c(Cl)c1)C(=Cc1cccc([N+](=O)[O-])c1)NC(=O)c1ccccc1F. The third-order valence-electron chi connectivity index (χ3n) is 4.18. The van der Waals surface area contributed by atoms with Crippen LogP contribution in [-0.4, -0.2) is 16.7 Å². The average molecular weight is 458 g/mol. The zero-order valence-corrected chi connectivity index (χ0v) is 16.9.